The van der Waals surface area contributed by atoms with E-state index in [9.17, 15) is 0 Å². The summed E-state index contributed by atoms with van der Waals surface area (Å²) < 4.78 is 6.87. The Balaban J connectivity index is 1.94. The Morgan fingerprint density at radius 2 is 2.11 bits per heavy atom. The van der Waals surface area contributed by atoms with E-state index in [2.05, 4.69) is 49.0 Å². The van der Waals surface area contributed by atoms with E-state index in [1.807, 2.05) is 24.4 Å². The van der Waals surface area contributed by atoms with Gasteiger partial charge in [0.1, 0.15) is 5.75 Å². The van der Waals surface area contributed by atoms with Gasteiger partial charge in [-0.05, 0) is 29.8 Å². The van der Waals surface area contributed by atoms with Crippen LogP contribution in [0.2, 0.25) is 0 Å². The largest absolute Gasteiger partial charge is 0.493 e. The SMILES string of the molecule is BrCc1cc(Br)ccc1OCCc1cccnc1. The van der Waals surface area contributed by atoms with E-state index < -0.39 is 0 Å². The van der Waals surface area contributed by atoms with E-state index in [0.717, 1.165) is 27.5 Å². The van der Waals surface area contributed by atoms with Gasteiger partial charge in [0.2, 0.25) is 0 Å². The van der Waals surface area contributed by atoms with Crippen molar-refractivity contribution in [1.82, 2.24) is 4.98 Å². The van der Waals surface area contributed by atoms with Crippen molar-refractivity contribution in [2.75, 3.05) is 6.61 Å². The summed E-state index contributed by atoms with van der Waals surface area (Å²) in [4.78, 5) is 4.09. The maximum absolute atomic E-state index is 5.81. The van der Waals surface area contributed by atoms with E-state index in [0.29, 0.717) is 6.61 Å². The van der Waals surface area contributed by atoms with Gasteiger partial charge < -0.3 is 4.74 Å². The Morgan fingerprint density at radius 1 is 1.22 bits per heavy atom. The van der Waals surface area contributed by atoms with Gasteiger partial charge in [-0.15, -0.1) is 0 Å². The Kier molecular flexibility index (Phi) is 5.20. The van der Waals surface area contributed by atoms with Crippen molar-refractivity contribution >= 4 is 31.9 Å². The molecule has 0 aliphatic heterocycles. The van der Waals surface area contributed by atoms with Crippen molar-refractivity contribution in [3.8, 4) is 5.75 Å². The molecule has 1 aromatic heterocycles. The number of rotatable bonds is 5. The summed E-state index contributed by atoms with van der Waals surface area (Å²) >= 11 is 6.93. The minimum absolute atomic E-state index is 0.660. The summed E-state index contributed by atoms with van der Waals surface area (Å²) in [7, 11) is 0. The number of ether oxygens (including phenoxy) is 1. The Hall–Kier alpha value is -0.870. The second-order valence-corrected chi connectivity index (χ2v) is 5.32. The Bertz CT molecular complexity index is 502. The highest BCUT2D eigenvalue weighted by molar-refractivity contribution is 9.10. The van der Waals surface area contributed by atoms with Crippen LogP contribution in [0.15, 0.2) is 47.2 Å². The van der Waals surface area contributed by atoms with Crippen molar-refractivity contribution in [2.45, 2.75) is 11.8 Å². The van der Waals surface area contributed by atoms with Crippen LogP contribution in [0.25, 0.3) is 0 Å². The molecule has 0 amide bonds. The van der Waals surface area contributed by atoms with Gasteiger partial charge in [0.05, 0.1) is 6.61 Å². The second kappa shape index (κ2) is 6.90. The normalized spacial score (nSPS) is 10.3. The number of alkyl halides is 1. The molecule has 0 N–H and O–H groups in total. The van der Waals surface area contributed by atoms with Crippen LogP contribution in [-0.4, -0.2) is 11.6 Å². The zero-order chi connectivity index (χ0) is 12.8. The van der Waals surface area contributed by atoms with Gasteiger partial charge in [-0.25, -0.2) is 0 Å². The smallest absolute Gasteiger partial charge is 0.123 e. The first-order valence-corrected chi connectivity index (χ1v) is 7.57. The van der Waals surface area contributed by atoms with Gasteiger partial charge in [-0.3, -0.25) is 4.98 Å². The van der Waals surface area contributed by atoms with Crippen molar-refractivity contribution in [3.05, 3.63) is 58.3 Å². The lowest BCUT2D eigenvalue weighted by Gasteiger charge is -2.10. The van der Waals surface area contributed by atoms with Crippen LogP contribution in [0, 0.1) is 0 Å². The molecule has 4 heteroatoms. The van der Waals surface area contributed by atoms with Crippen molar-refractivity contribution in [2.24, 2.45) is 0 Å². The Morgan fingerprint density at radius 3 is 2.83 bits per heavy atom. The molecule has 2 aromatic rings. The summed E-state index contributed by atoms with van der Waals surface area (Å²) in [5.41, 5.74) is 2.34. The molecule has 0 bridgehead atoms. The molecule has 0 aliphatic rings. The average Bonchev–Trinajstić information content (AvgIpc) is 2.41. The topological polar surface area (TPSA) is 22.1 Å². The van der Waals surface area contributed by atoms with Crippen LogP contribution in [0.4, 0.5) is 0 Å². The summed E-state index contributed by atoms with van der Waals surface area (Å²) in [5.74, 6) is 0.930. The molecule has 0 saturated heterocycles. The maximum Gasteiger partial charge on any atom is 0.123 e. The van der Waals surface area contributed by atoms with E-state index in [1.54, 1.807) is 6.20 Å². The quantitative estimate of drug-likeness (QED) is 0.729. The van der Waals surface area contributed by atoms with Crippen molar-refractivity contribution < 1.29 is 4.74 Å². The number of aromatic nitrogens is 1. The van der Waals surface area contributed by atoms with Crippen LogP contribution in [0.3, 0.4) is 0 Å². The van der Waals surface area contributed by atoms with Gasteiger partial charge in [-0.2, -0.15) is 0 Å². The summed E-state index contributed by atoms with van der Waals surface area (Å²) in [6.45, 7) is 0.660. The third-order valence-corrected chi connectivity index (χ3v) is 3.63. The Labute approximate surface area is 124 Å². The molecule has 0 spiro atoms. The standard InChI is InChI=1S/C14H13Br2NO/c15-9-12-8-13(16)3-4-14(12)18-7-5-11-2-1-6-17-10-11/h1-4,6,8,10H,5,7,9H2. The minimum atomic E-state index is 0.660. The molecular formula is C14H13Br2NO. The fraction of sp³-hybridized carbons (Fsp3) is 0.214. The number of benzene rings is 1. The molecule has 2 nitrogen and oxygen atoms in total. The molecule has 18 heavy (non-hydrogen) atoms. The monoisotopic (exact) mass is 369 g/mol. The highest BCUT2D eigenvalue weighted by Crippen LogP contribution is 2.25. The molecule has 0 radical (unpaired) electrons. The lowest BCUT2D eigenvalue weighted by atomic mass is 10.2. The number of hydrogen-bond acceptors (Lipinski definition) is 2. The summed E-state index contributed by atoms with van der Waals surface area (Å²) in [6.07, 6.45) is 4.52. The summed E-state index contributed by atoms with van der Waals surface area (Å²) in [6, 6.07) is 10.0. The van der Waals surface area contributed by atoms with E-state index in [4.69, 9.17) is 4.74 Å². The van der Waals surface area contributed by atoms with Crippen molar-refractivity contribution in [1.29, 1.82) is 0 Å². The molecule has 1 aromatic carbocycles. The van der Waals surface area contributed by atoms with Crippen LogP contribution < -0.4 is 4.74 Å². The first-order chi connectivity index (χ1) is 8.79. The molecule has 2 rings (SSSR count). The average molecular weight is 371 g/mol. The lowest BCUT2D eigenvalue weighted by molar-refractivity contribution is 0.319. The number of pyridine rings is 1. The third-order valence-electron chi connectivity index (χ3n) is 2.54. The van der Waals surface area contributed by atoms with Crippen LogP contribution in [-0.2, 0) is 11.8 Å². The van der Waals surface area contributed by atoms with Gasteiger partial charge in [0.25, 0.3) is 0 Å². The predicted molar refractivity (Wildman–Crippen MR) is 80.2 cm³/mol. The maximum atomic E-state index is 5.81. The van der Waals surface area contributed by atoms with Gasteiger partial charge >= 0.3 is 0 Å². The first-order valence-electron chi connectivity index (χ1n) is 5.65. The predicted octanol–water partition coefficient (Wildman–Crippen LogP) is 4.36. The summed E-state index contributed by atoms with van der Waals surface area (Å²) in [5, 5.41) is 0.786. The molecule has 0 atom stereocenters. The molecule has 0 fully saturated rings. The molecule has 0 aliphatic carbocycles. The lowest BCUT2D eigenvalue weighted by Crippen LogP contribution is -2.03. The van der Waals surface area contributed by atoms with Gasteiger partial charge in [-0.1, -0.05) is 37.9 Å². The highest BCUT2D eigenvalue weighted by atomic mass is 79.9. The number of nitrogens with zero attached hydrogens (tertiary/aromatic N) is 1. The molecule has 0 unspecified atom stereocenters. The van der Waals surface area contributed by atoms with Gasteiger partial charge in [0.15, 0.2) is 0 Å². The second-order valence-electron chi connectivity index (χ2n) is 3.85. The fourth-order valence-electron chi connectivity index (χ4n) is 1.62. The van der Waals surface area contributed by atoms with E-state index in [1.165, 1.54) is 5.56 Å². The zero-order valence-corrected chi connectivity index (χ0v) is 12.9. The van der Waals surface area contributed by atoms with Gasteiger partial charge in [0, 0.05) is 34.2 Å². The number of hydrogen-bond donors (Lipinski definition) is 0. The van der Waals surface area contributed by atoms with E-state index in [-0.39, 0.29) is 0 Å². The highest BCUT2D eigenvalue weighted by Gasteiger charge is 2.03. The van der Waals surface area contributed by atoms with Crippen LogP contribution in [0.5, 0.6) is 5.75 Å². The first kappa shape index (κ1) is 13.6. The molecule has 1 heterocycles. The molecule has 94 valence electrons. The zero-order valence-electron chi connectivity index (χ0n) is 9.77. The van der Waals surface area contributed by atoms with Crippen LogP contribution >= 0.6 is 31.9 Å². The minimum Gasteiger partial charge on any atom is -0.493 e. The fourth-order valence-corrected chi connectivity index (χ4v) is 2.46. The van der Waals surface area contributed by atoms with Crippen LogP contribution in [0.1, 0.15) is 11.1 Å². The van der Waals surface area contributed by atoms with Crippen molar-refractivity contribution in [3.63, 3.8) is 0 Å². The van der Waals surface area contributed by atoms with E-state index >= 15 is 0 Å². The molecular weight excluding hydrogens is 358 g/mol. The third kappa shape index (κ3) is 3.82. The molecule has 0 saturated carbocycles. The number of halogens is 2.